The maximum absolute atomic E-state index is 11.3. The lowest BCUT2D eigenvalue weighted by atomic mass is 10.0. The summed E-state index contributed by atoms with van der Waals surface area (Å²) in [4.78, 5) is 18.2. The summed E-state index contributed by atoms with van der Waals surface area (Å²) in [5.41, 5.74) is 3.95. The van der Waals surface area contributed by atoms with Crippen molar-refractivity contribution in [3.8, 4) is 0 Å². The SMILES string of the molecule is CNC(c1ccc2[nH]c(=O)[nH]c2c1)c1sccc1C. The van der Waals surface area contributed by atoms with Crippen LogP contribution in [0, 0.1) is 6.92 Å². The zero-order chi connectivity index (χ0) is 13.4. The van der Waals surface area contributed by atoms with E-state index in [-0.39, 0.29) is 11.7 Å². The maximum atomic E-state index is 11.3. The van der Waals surface area contributed by atoms with Crippen LogP contribution in [0.25, 0.3) is 11.0 Å². The van der Waals surface area contributed by atoms with Gasteiger partial charge >= 0.3 is 5.69 Å². The number of fused-ring (bicyclic) bond motifs is 1. The Labute approximate surface area is 114 Å². The minimum Gasteiger partial charge on any atom is -0.309 e. The molecule has 0 aliphatic heterocycles. The number of aromatic amines is 2. The Balaban J connectivity index is 2.11. The van der Waals surface area contributed by atoms with Crippen LogP contribution in [0.3, 0.4) is 0 Å². The summed E-state index contributed by atoms with van der Waals surface area (Å²) < 4.78 is 0. The summed E-state index contributed by atoms with van der Waals surface area (Å²) in [7, 11) is 1.95. The van der Waals surface area contributed by atoms with E-state index in [9.17, 15) is 4.79 Å². The summed E-state index contributed by atoms with van der Waals surface area (Å²) in [6, 6.07) is 8.29. The first kappa shape index (κ1) is 12.2. The van der Waals surface area contributed by atoms with Gasteiger partial charge in [-0.2, -0.15) is 0 Å². The second kappa shape index (κ2) is 4.68. The van der Waals surface area contributed by atoms with Crippen LogP contribution in [0.4, 0.5) is 0 Å². The molecule has 2 aromatic heterocycles. The number of hydrogen-bond donors (Lipinski definition) is 3. The molecule has 0 radical (unpaired) electrons. The van der Waals surface area contributed by atoms with Crippen LogP contribution in [-0.4, -0.2) is 17.0 Å². The van der Waals surface area contributed by atoms with Crippen molar-refractivity contribution in [3.63, 3.8) is 0 Å². The minimum atomic E-state index is -0.166. The molecule has 0 saturated carbocycles. The molecule has 0 spiro atoms. The second-order valence-electron chi connectivity index (χ2n) is 4.57. The van der Waals surface area contributed by atoms with E-state index < -0.39 is 0 Å². The molecule has 98 valence electrons. The molecule has 19 heavy (non-hydrogen) atoms. The molecule has 1 aromatic carbocycles. The Morgan fingerprint density at radius 2 is 2.00 bits per heavy atom. The van der Waals surface area contributed by atoms with Gasteiger partial charge in [0.05, 0.1) is 17.1 Å². The predicted molar refractivity (Wildman–Crippen MR) is 78.9 cm³/mol. The lowest BCUT2D eigenvalue weighted by molar-refractivity contribution is 0.701. The number of benzene rings is 1. The first-order valence-corrected chi connectivity index (χ1v) is 7.00. The fourth-order valence-electron chi connectivity index (χ4n) is 2.36. The molecule has 0 aliphatic rings. The average Bonchev–Trinajstić information content (AvgIpc) is 2.95. The molecule has 3 aromatic rings. The molecule has 1 atom stereocenters. The van der Waals surface area contributed by atoms with E-state index in [0.717, 1.165) is 16.6 Å². The van der Waals surface area contributed by atoms with Gasteiger partial charge < -0.3 is 15.3 Å². The third kappa shape index (κ3) is 2.11. The number of aromatic nitrogens is 2. The van der Waals surface area contributed by atoms with Crippen molar-refractivity contribution in [1.82, 2.24) is 15.3 Å². The van der Waals surface area contributed by atoms with Crippen molar-refractivity contribution in [1.29, 1.82) is 0 Å². The highest BCUT2D eigenvalue weighted by atomic mass is 32.1. The van der Waals surface area contributed by atoms with Crippen molar-refractivity contribution in [3.05, 3.63) is 56.1 Å². The molecule has 4 nitrogen and oxygen atoms in total. The fourth-order valence-corrected chi connectivity index (χ4v) is 3.42. The molecule has 2 heterocycles. The Morgan fingerprint density at radius 1 is 1.21 bits per heavy atom. The highest BCUT2D eigenvalue weighted by molar-refractivity contribution is 7.10. The fraction of sp³-hybridized carbons (Fsp3) is 0.214. The average molecular weight is 273 g/mol. The van der Waals surface area contributed by atoms with E-state index in [2.05, 4.69) is 33.7 Å². The van der Waals surface area contributed by atoms with Gasteiger partial charge in [0, 0.05) is 4.88 Å². The smallest absolute Gasteiger partial charge is 0.309 e. The molecular formula is C14H15N3OS. The largest absolute Gasteiger partial charge is 0.323 e. The molecule has 0 aliphatic carbocycles. The molecule has 0 bridgehead atoms. The third-order valence-electron chi connectivity index (χ3n) is 3.33. The van der Waals surface area contributed by atoms with Crippen molar-refractivity contribution in [2.75, 3.05) is 7.05 Å². The molecule has 1 unspecified atom stereocenters. The van der Waals surface area contributed by atoms with Crippen LogP contribution in [0.15, 0.2) is 34.4 Å². The molecule has 0 saturated heterocycles. The lowest BCUT2D eigenvalue weighted by Crippen LogP contribution is -2.17. The first-order chi connectivity index (χ1) is 9.19. The Kier molecular flexibility index (Phi) is 3.00. The van der Waals surface area contributed by atoms with E-state index in [1.54, 1.807) is 11.3 Å². The number of nitrogens with one attached hydrogen (secondary N) is 3. The molecule has 5 heteroatoms. The van der Waals surface area contributed by atoms with Gasteiger partial charge in [-0.3, -0.25) is 0 Å². The van der Waals surface area contributed by atoms with Crippen molar-refractivity contribution >= 4 is 22.4 Å². The van der Waals surface area contributed by atoms with Gasteiger partial charge in [0.25, 0.3) is 0 Å². The zero-order valence-corrected chi connectivity index (χ0v) is 11.6. The van der Waals surface area contributed by atoms with Crippen LogP contribution in [0.5, 0.6) is 0 Å². The van der Waals surface area contributed by atoms with E-state index >= 15 is 0 Å². The van der Waals surface area contributed by atoms with E-state index in [1.165, 1.54) is 10.4 Å². The normalized spacial score (nSPS) is 12.9. The number of H-pyrrole nitrogens is 2. The van der Waals surface area contributed by atoms with Crippen molar-refractivity contribution < 1.29 is 0 Å². The topological polar surface area (TPSA) is 60.7 Å². The van der Waals surface area contributed by atoms with E-state index in [0.29, 0.717) is 0 Å². The van der Waals surface area contributed by atoms with E-state index in [4.69, 9.17) is 0 Å². The lowest BCUT2D eigenvalue weighted by Gasteiger charge is -2.16. The van der Waals surface area contributed by atoms with Crippen molar-refractivity contribution in [2.24, 2.45) is 0 Å². The Morgan fingerprint density at radius 3 is 2.68 bits per heavy atom. The van der Waals surface area contributed by atoms with E-state index in [1.807, 2.05) is 25.2 Å². The van der Waals surface area contributed by atoms with Crippen LogP contribution in [0.1, 0.15) is 22.0 Å². The molecule has 0 fully saturated rings. The second-order valence-corrected chi connectivity index (χ2v) is 5.52. The third-order valence-corrected chi connectivity index (χ3v) is 4.41. The van der Waals surface area contributed by atoms with Gasteiger partial charge in [0.2, 0.25) is 0 Å². The van der Waals surface area contributed by atoms with Gasteiger partial charge in [-0.15, -0.1) is 11.3 Å². The number of imidazole rings is 1. The summed E-state index contributed by atoms with van der Waals surface area (Å²) in [6.45, 7) is 2.12. The summed E-state index contributed by atoms with van der Waals surface area (Å²) in [5, 5.41) is 5.44. The highest BCUT2D eigenvalue weighted by Gasteiger charge is 2.16. The molecule has 3 rings (SSSR count). The van der Waals surface area contributed by atoms with Gasteiger partial charge in [0.15, 0.2) is 0 Å². The quantitative estimate of drug-likeness (QED) is 0.686. The molecule has 3 N–H and O–H groups in total. The number of hydrogen-bond acceptors (Lipinski definition) is 3. The van der Waals surface area contributed by atoms with Gasteiger partial charge in [-0.25, -0.2) is 4.79 Å². The molecule has 0 amide bonds. The zero-order valence-electron chi connectivity index (χ0n) is 10.8. The number of thiophene rings is 1. The van der Waals surface area contributed by atoms with Crippen molar-refractivity contribution in [2.45, 2.75) is 13.0 Å². The van der Waals surface area contributed by atoms with Crippen LogP contribution >= 0.6 is 11.3 Å². The monoisotopic (exact) mass is 273 g/mol. The number of aryl methyl sites for hydroxylation is 1. The standard InChI is InChI=1S/C14H15N3OS/c1-8-5-6-19-13(8)12(15-2)9-3-4-10-11(7-9)17-14(18)16-10/h3-7,12,15H,1-2H3,(H2,16,17,18). The summed E-state index contributed by atoms with van der Waals surface area (Å²) in [6.07, 6.45) is 0. The van der Waals surface area contributed by atoms with Gasteiger partial charge in [0.1, 0.15) is 0 Å². The van der Waals surface area contributed by atoms with Crippen LogP contribution in [-0.2, 0) is 0 Å². The predicted octanol–water partition coefficient (Wildman–Crippen LogP) is 2.53. The Hall–Kier alpha value is -1.85. The van der Waals surface area contributed by atoms with Crippen LogP contribution in [0.2, 0.25) is 0 Å². The highest BCUT2D eigenvalue weighted by Crippen LogP contribution is 2.30. The summed E-state index contributed by atoms with van der Waals surface area (Å²) >= 11 is 1.75. The minimum absolute atomic E-state index is 0.155. The van der Waals surface area contributed by atoms with Gasteiger partial charge in [-0.1, -0.05) is 6.07 Å². The summed E-state index contributed by atoms with van der Waals surface area (Å²) in [5.74, 6) is 0. The van der Waals surface area contributed by atoms with Crippen LogP contribution < -0.4 is 11.0 Å². The van der Waals surface area contributed by atoms with Gasteiger partial charge in [-0.05, 0) is 48.7 Å². The number of rotatable bonds is 3. The molecular weight excluding hydrogens is 258 g/mol. The maximum Gasteiger partial charge on any atom is 0.323 e. The Bertz CT molecular complexity index is 768. The first-order valence-electron chi connectivity index (χ1n) is 6.12.